The normalized spacial score (nSPS) is 15.2. The second kappa shape index (κ2) is 9.77. The molecule has 134 valence electrons. The van der Waals surface area contributed by atoms with Gasteiger partial charge in [-0.3, -0.25) is 4.79 Å². The average Bonchev–Trinajstić information content (AvgIpc) is 3.38. The van der Waals surface area contributed by atoms with E-state index in [-0.39, 0.29) is 17.9 Å². The SMILES string of the molecule is CNC1(c2ccc(OCCCOCCCOCC(C)=O)cc2)CC1. The van der Waals surface area contributed by atoms with Crippen molar-refractivity contribution in [3.63, 3.8) is 0 Å². The smallest absolute Gasteiger partial charge is 0.155 e. The third-order valence-electron chi connectivity index (χ3n) is 4.22. The van der Waals surface area contributed by atoms with Crippen molar-refractivity contribution in [1.29, 1.82) is 0 Å². The van der Waals surface area contributed by atoms with Gasteiger partial charge in [0, 0.05) is 31.8 Å². The minimum Gasteiger partial charge on any atom is -0.494 e. The van der Waals surface area contributed by atoms with Gasteiger partial charge in [0.15, 0.2) is 5.78 Å². The lowest BCUT2D eigenvalue weighted by Crippen LogP contribution is -2.24. The van der Waals surface area contributed by atoms with Crippen molar-refractivity contribution in [1.82, 2.24) is 5.32 Å². The maximum absolute atomic E-state index is 10.7. The molecule has 1 aliphatic rings. The molecule has 0 aromatic heterocycles. The van der Waals surface area contributed by atoms with E-state index in [0.717, 1.165) is 18.6 Å². The second-order valence-corrected chi connectivity index (χ2v) is 6.28. The van der Waals surface area contributed by atoms with Gasteiger partial charge in [-0.1, -0.05) is 12.1 Å². The van der Waals surface area contributed by atoms with Gasteiger partial charge in [-0.15, -0.1) is 0 Å². The highest BCUT2D eigenvalue weighted by atomic mass is 16.5. The van der Waals surface area contributed by atoms with Crippen LogP contribution in [0.1, 0.15) is 38.2 Å². The summed E-state index contributed by atoms with van der Waals surface area (Å²) in [5.74, 6) is 0.961. The van der Waals surface area contributed by atoms with Crippen molar-refractivity contribution < 1.29 is 19.0 Å². The van der Waals surface area contributed by atoms with E-state index < -0.39 is 0 Å². The predicted octanol–water partition coefficient (Wildman–Crippen LogP) is 2.68. The summed E-state index contributed by atoms with van der Waals surface area (Å²) in [6.45, 7) is 4.26. The van der Waals surface area contributed by atoms with E-state index in [1.54, 1.807) is 0 Å². The molecule has 0 amide bonds. The van der Waals surface area contributed by atoms with Gasteiger partial charge in [0.25, 0.3) is 0 Å². The summed E-state index contributed by atoms with van der Waals surface area (Å²) in [7, 11) is 2.02. The molecule has 0 spiro atoms. The Morgan fingerprint density at radius 1 is 1.04 bits per heavy atom. The number of hydrogen-bond donors (Lipinski definition) is 1. The summed E-state index contributed by atoms with van der Waals surface area (Å²) >= 11 is 0. The zero-order valence-corrected chi connectivity index (χ0v) is 14.8. The summed E-state index contributed by atoms with van der Waals surface area (Å²) < 4.78 is 16.4. The molecule has 1 aromatic carbocycles. The van der Waals surface area contributed by atoms with Crippen LogP contribution in [0.25, 0.3) is 0 Å². The van der Waals surface area contributed by atoms with Gasteiger partial charge in [-0.25, -0.2) is 0 Å². The standard InChI is InChI=1S/C19H29NO4/c1-16(21)15-23-13-3-11-22-12-4-14-24-18-7-5-17(6-8-18)19(20-2)9-10-19/h5-8,20H,3-4,9-15H2,1-2H3. The summed E-state index contributed by atoms with van der Waals surface area (Å²) in [6.07, 6.45) is 4.08. The Balaban J connectivity index is 1.48. The second-order valence-electron chi connectivity index (χ2n) is 6.28. The number of carbonyl (C=O) groups is 1. The largest absolute Gasteiger partial charge is 0.494 e. The van der Waals surface area contributed by atoms with Gasteiger partial charge in [0.2, 0.25) is 0 Å². The molecule has 0 aliphatic heterocycles. The average molecular weight is 335 g/mol. The van der Waals surface area contributed by atoms with Crippen LogP contribution >= 0.6 is 0 Å². The Bertz CT molecular complexity index is 497. The van der Waals surface area contributed by atoms with Crippen molar-refractivity contribution in [2.75, 3.05) is 40.1 Å². The number of ketones is 1. The van der Waals surface area contributed by atoms with Gasteiger partial charge < -0.3 is 19.5 Å². The van der Waals surface area contributed by atoms with Crippen LogP contribution in [0.5, 0.6) is 5.75 Å². The summed E-state index contributed by atoms with van der Waals surface area (Å²) in [6, 6.07) is 8.38. The van der Waals surface area contributed by atoms with Crippen LogP contribution in [0.4, 0.5) is 0 Å². The van der Waals surface area contributed by atoms with Crippen molar-refractivity contribution in [3.8, 4) is 5.75 Å². The number of Topliss-reactive ketones (excluding diaryl/α,β-unsaturated/α-hetero) is 1. The quantitative estimate of drug-likeness (QED) is 0.562. The van der Waals surface area contributed by atoms with E-state index in [1.165, 1.54) is 25.3 Å². The summed E-state index contributed by atoms with van der Waals surface area (Å²) in [4.78, 5) is 10.7. The van der Waals surface area contributed by atoms with E-state index in [2.05, 4.69) is 17.4 Å². The van der Waals surface area contributed by atoms with Gasteiger partial charge >= 0.3 is 0 Å². The van der Waals surface area contributed by atoms with Gasteiger partial charge in [-0.2, -0.15) is 0 Å². The van der Waals surface area contributed by atoms with Crippen LogP contribution in [-0.4, -0.2) is 45.9 Å². The lowest BCUT2D eigenvalue weighted by molar-refractivity contribution is -0.121. The Kier molecular flexibility index (Phi) is 7.69. The van der Waals surface area contributed by atoms with Gasteiger partial charge in [0.1, 0.15) is 12.4 Å². The molecule has 0 atom stereocenters. The zero-order chi connectivity index (χ0) is 17.3. The maximum Gasteiger partial charge on any atom is 0.155 e. The van der Waals surface area contributed by atoms with Crippen LogP contribution in [-0.2, 0) is 19.8 Å². The molecule has 0 radical (unpaired) electrons. The molecule has 0 bridgehead atoms. The highest BCUT2D eigenvalue weighted by molar-refractivity contribution is 5.76. The Morgan fingerprint density at radius 2 is 1.67 bits per heavy atom. The molecule has 1 fully saturated rings. The lowest BCUT2D eigenvalue weighted by atomic mass is 10.1. The van der Waals surface area contributed by atoms with Crippen molar-refractivity contribution >= 4 is 5.78 Å². The topological polar surface area (TPSA) is 56.8 Å². The first-order valence-corrected chi connectivity index (χ1v) is 8.73. The first-order chi connectivity index (χ1) is 11.7. The molecular weight excluding hydrogens is 306 g/mol. The van der Waals surface area contributed by atoms with Crippen molar-refractivity contribution in [2.24, 2.45) is 0 Å². The maximum atomic E-state index is 10.7. The fourth-order valence-corrected chi connectivity index (χ4v) is 2.61. The van der Waals surface area contributed by atoms with E-state index in [9.17, 15) is 4.79 Å². The highest BCUT2D eigenvalue weighted by Crippen LogP contribution is 2.45. The number of benzene rings is 1. The number of ether oxygens (including phenoxy) is 3. The number of hydrogen-bond acceptors (Lipinski definition) is 5. The molecular formula is C19H29NO4. The molecule has 1 N–H and O–H groups in total. The number of nitrogens with one attached hydrogen (secondary N) is 1. The predicted molar refractivity (Wildman–Crippen MR) is 93.5 cm³/mol. The molecule has 0 saturated heterocycles. The van der Waals surface area contributed by atoms with Crippen LogP contribution in [0, 0.1) is 0 Å². The molecule has 1 aromatic rings. The van der Waals surface area contributed by atoms with E-state index in [1.807, 2.05) is 19.2 Å². The van der Waals surface area contributed by atoms with E-state index >= 15 is 0 Å². The van der Waals surface area contributed by atoms with Crippen LogP contribution in [0.3, 0.4) is 0 Å². The third kappa shape index (κ3) is 6.23. The highest BCUT2D eigenvalue weighted by Gasteiger charge is 2.42. The number of carbonyl (C=O) groups excluding carboxylic acids is 1. The number of rotatable bonds is 13. The Labute approximate surface area is 144 Å². The fourth-order valence-electron chi connectivity index (χ4n) is 2.61. The van der Waals surface area contributed by atoms with Gasteiger partial charge in [-0.05, 0) is 50.9 Å². The molecule has 5 nitrogen and oxygen atoms in total. The Hall–Kier alpha value is -1.43. The molecule has 0 unspecified atom stereocenters. The third-order valence-corrected chi connectivity index (χ3v) is 4.22. The zero-order valence-electron chi connectivity index (χ0n) is 14.8. The molecule has 2 rings (SSSR count). The van der Waals surface area contributed by atoms with E-state index in [0.29, 0.717) is 26.4 Å². The van der Waals surface area contributed by atoms with E-state index in [4.69, 9.17) is 14.2 Å². The molecule has 1 aliphatic carbocycles. The summed E-state index contributed by atoms with van der Waals surface area (Å²) in [5, 5.41) is 3.40. The van der Waals surface area contributed by atoms with Crippen molar-refractivity contribution in [3.05, 3.63) is 29.8 Å². The minimum atomic E-state index is 0.0550. The first-order valence-electron chi connectivity index (χ1n) is 8.73. The van der Waals surface area contributed by atoms with Gasteiger partial charge in [0.05, 0.1) is 6.61 Å². The Morgan fingerprint density at radius 3 is 2.25 bits per heavy atom. The monoisotopic (exact) mass is 335 g/mol. The summed E-state index contributed by atoms with van der Waals surface area (Å²) in [5.41, 5.74) is 1.55. The van der Waals surface area contributed by atoms with Crippen LogP contribution in [0.2, 0.25) is 0 Å². The minimum absolute atomic E-state index is 0.0550. The molecule has 1 saturated carbocycles. The first kappa shape index (κ1) is 18.9. The lowest BCUT2D eigenvalue weighted by Gasteiger charge is -2.15. The fraction of sp³-hybridized carbons (Fsp3) is 0.632. The molecule has 0 heterocycles. The molecule has 5 heteroatoms. The van der Waals surface area contributed by atoms with Crippen molar-refractivity contribution in [2.45, 2.75) is 38.1 Å². The van der Waals surface area contributed by atoms with Crippen LogP contribution in [0.15, 0.2) is 24.3 Å². The van der Waals surface area contributed by atoms with Crippen LogP contribution < -0.4 is 10.1 Å². The molecule has 24 heavy (non-hydrogen) atoms.